The number of ether oxygens (including phenoxy) is 1. The number of hydrogen-bond donors (Lipinski definition) is 1. The van der Waals surface area contributed by atoms with Crippen LogP contribution in [0.25, 0.3) is 0 Å². The SMILES string of the molecule is O=C(NCCS(=O)(=O)OCc1ccccc1)OCc1ccccc1. The van der Waals surface area contributed by atoms with Crippen LogP contribution in [0.2, 0.25) is 0 Å². The van der Waals surface area contributed by atoms with Crippen LogP contribution in [0.5, 0.6) is 0 Å². The standard InChI is InChI=1S/C17H19NO5S/c19-17(22-13-15-7-3-1-4-8-15)18-11-12-24(20,21)23-14-16-9-5-2-6-10-16/h1-10H,11-14H2,(H,18,19). The second-order valence-electron chi connectivity index (χ2n) is 5.00. The summed E-state index contributed by atoms with van der Waals surface area (Å²) in [6.45, 7) is 0.0241. The number of rotatable bonds is 8. The summed E-state index contributed by atoms with van der Waals surface area (Å²) in [5.41, 5.74) is 1.61. The third-order valence-corrected chi connectivity index (χ3v) is 4.26. The quantitative estimate of drug-likeness (QED) is 0.740. The van der Waals surface area contributed by atoms with Crippen LogP contribution in [-0.2, 0) is 32.3 Å². The fourth-order valence-electron chi connectivity index (χ4n) is 1.84. The lowest BCUT2D eigenvalue weighted by atomic mass is 10.2. The van der Waals surface area contributed by atoms with Crippen LogP contribution in [0.4, 0.5) is 4.79 Å². The Morgan fingerprint density at radius 3 is 2.00 bits per heavy atom. The van der Waals surface area contributed by atoms with Gasteiger partial charge in [-0.1, -0.05) is 60.7 Å². The van der Waals surface area contributed by atoms with E-state index in [4.69, 9.17) is 8.92 Å². The molecule has 2 aromatic rings. The van der Waals surface area contributed by atoms with Gasteiger partial charge in [0.1, 0.15) is 6.61 Å². The van der Waals surface area contributed by atoms with Crippen LogP contribution in [0.3, 0.4) is 0 Å². The van der Waals surface area contributed by atoms with Crippen LogP contribution in [0.15, 0.2) is 60.7 Å². The monoisotopic (exact) mass is 349 g/mol. The lowest BCUT2D eigenvalue weighted by Gasteiger charge is -2.08. The number of alkyl carbamates (subject to hydrolysis) is 1. The summed E-state index contributed by atoms with van der Waals surface area (Å²) in [5.74, 6) is -0.319. The van der Waals surface area contributed by atoms with Gasteiger partial charge in [-0.2, -0.15) is 8.42 Å². The van der Waals surface area contributed by atoms with Crippen molar-refractivity contribution >= 4 is 16.2 Å². The molecule has 0 spiro atoms. The van der Waals surface area contributed by atoms with E-state index in [0.29, 0.717) is 0 Å². The van der Waals surface area contributed by atoms with E-state index in [1.807, 2.05) is 36.4 Å². The zero-order valence-electron chi connectivity index (χ0n) is 13.1. The van der Waals surface area contributed by atoms with Gasteiger partial charge >= 0.3 is 6.09 Å². The molecule has 0 radical (unpaired) electrons. The first-order valence-electron chi connectivity index (χ1n) is 7.41. The van der Waals surface area contributed by atoms with E-state index in [9.17, 15) is 13.2 Å². The van der Waals surface area contributed by atoms with Crippen LogP contribution >= 0.6 is 0 Å². The highest BCUT2D eigenvalue weighted by molar-refractivity contribution is 7.86. The molecule has 0 heterocycles. The van der Waals surface area contributed by atoms with Crippen molar-refractivity contribution in [2.24, 2.45) is 0 Å². The highest BCUT2D eigenvalue weighted by atomic mass is 32.2. The average molecular weight is 349 g/mol. The molecule has 0 unspecified atom stereocenters. The number of amides is 1. The van der Waals surface area contributed by atoms with Crippen molar-refractivity contribution in [2.75, 3.05) is 12.3 Å². The van der Waals surface area contributed by atoms with Gasteiger partial charge in [0.05, 0.1) is 12.4 Å². The molecule has 2 rings (SSSR count). The summed E-state index contributed by atoms with van der Waals surface area (Å²) >= 11 is 0. The van der Waals surface area contributed by atoms with Gasteiger partial charge in [-0.3, -0.25) is 4.18 Å². The van der Waals surface area contributed by atoms with Crippen molar-refractivity contribution in [3.63, 3.8) is 0 Å². The normalized spacial score (nSPS) is 11.0. The molecule has 7 heteroatoms. The molecule has 1 amide bonds. The molecule has 0 saturated carbocycles. The Morgan fingerprint density at radius 2 is 1.42 bits per heavy atom. The highest BCUT2D eigenvalue weighted by Crippen LogP contribution is 2.04. The number of carbonyl (C=O) groups excluding carboxylic acids is 1. The first kappa shape index (κ1) is 18.0. The maximum Gasteiger partial charge on any atom is 0.407 e. The fourth-order valence-corrected chi connectivity index (χ4v) is 2.63. The summed E-state index contributed by atoms with van der Waals surface area (Å²) in [6, 6.07) is 18.2. The lowest BCUT2D eigenvalue weighted by Crippen LogP contribution is -2.30. The predicted octanol–water partition coefficient (Wildman–Crippen LogP) is 2.46. The lowest BCUT2D eigenvalue weighted by molar-refractivity contribution is 0.140. The first-order chi connectivity index (χ1) is 11.6. The van der Waals surface area contributed by atoms with Gasteiger partial charge in [-0.05, 0) is 11.1 Å². The van der Waals surface area contributed by atoms with Gasteiger partial charge in [0.2, 0.25) is 0 Å². The maximum atomic E-state index is 11.8. The topological polar surface area (TPSA) is 81.7 Å². The molecule has 0 saturated heterocycles. The van der Waals surface area contributed by atoms with E-state index in [1.165, 1.54) is 0 Å². The Labute approximate surface area is 141 Å². The van der Waals surface area contributed by atoms with Gasteiger partial charge < -0.3 is 10.1 Å². The molecule has 0 aliphatic heterocycles. The number of hydrogen-bond acceptors (Lipinski definition) is 5. The molecular formula is C17H19NO5S. The molecule has 6 nitrogen and oxygen atoms in total. The number of carbonyl (C=O) groups is 1. The third kappa shape index (κ3) is 6.80. The Hall–Kier alpha value is -2.38. The molecule has 0 bridgehead atoms. The van der Waals surface area contributed by atoms with Crippen LogP contribution in [0, 0.1) is 0 Å². The number of nitrogens with one attached hydrogen (secondary N) is 1. The van der Waals surface area contributed by atoms with Crippen LogP contribution in [-0.4, -0.2) is 26.8 Å². The second kappa shape index (κ2) is 9.05. The van der Waals surface area contributed by atoms with Gasteiger partial charge in [0.25, 0.3) is 10.1 Å². The van der Waals surface area contributed by atoms with Crippen molar-refractivity contribution in [3.05, 3.63) is 71.8 Å². The summed E-state index contributed by atoms with van der Waals surface area (Å²) in [6.07, 6.45) is -0.669. The molecule has 0 aromatic heterocycles. The Bertz CT molecular complexity index is 732. The van der Waals surface area contributed by atoms with Gasteiger partial charge in [-0.15, -0.1) is 0 Å². The summed E-state index contributed by atoms with van der Waals surface area (Å²) < 4.78 is 33.4. The molecule has 1 N–H and O–H groups in total. The zero-order chi connectivity index (χ0) is 17.3. The van der Waals surface area contributed by atoms with Gasteiger partial charge in [0, 0.05) is 6.54 Å². The van der Waals surface area contributed by atoms with Gasteiger partial charge in [-0.25, -0.2) is 4.79 Å². The van der Waals surface area contributed by atoms with E-state index in [2.05, 4.69) is 5.32 Å². The summed E-state index contributed by atoms with van der Waals surface area (Å²) in [5, 5.41) is 2.39. The van der Waals surface area contributed by atoms with Gasteiger partial charge in [0.15, 0.2) is 0 Å². The Balaban J connectivity index is 1.65. The van der Waals surface area contributed by atoms with Crippen molar-refractivity contribution in [3.8, 4) is 0 Å². The van der Waals surface area contributed by atoms with E-state index >= 15 is 0 Å². The Morgan fingerprint density at radius 1 is 0.875 bits per heavy atom. The van der Waals surface area contributed by atoms with Crippen molar-refractivity contribution < 1.29 is 22.1 Å². The molecular weight excluding hydrogens is 330 g/mol. The maximum absolute atomic E-state index is 11.8. The van der Waals surface area contributed by atoms with Crippen molar-refractivity contribution in [1.29, 1.82) is 0 Å². The van der Waals surface area contributed by atoms with Crippen molar-refractivity contribution in [1.82, 2.24) is 5.32 Å². The van der Waals surface area contributed by atoms with E-state index < -0.39 is 16.2 Å². The fraction of sp³-hybridized carbons (Fsp3) is 0.235. The molecule has 2 aromatic carbocycles. The summed E-state index contributed by atoms with van der Waals surface area (Å²) in [7, 11) is -3.71. The second-order valence-corrected chi connectivity index (χ2v) is 6.76. The Kier molecular flexibility index (Phi) is 6.77. The van der Waals surface area contributed by atoms with E-state index in [1.54, 1.807) is 24.3 Å². The zero-order valence-corrected chi connectivity index (χ0v) is 13.9. The van der Waals surface area contributed by atoms with E-state index in [0.717, 1.165) is 11.1 Å². The smallest absolute Gasteiger partial charge is 0.407 e. The minimum Gasteiger partial charge on any atom is -0.445 e. The predicted molar refractivity (Wildman–Crippen MR) is 89.6 cm³/mol. The van der Waals surface area contributed by atoms with Crippen LogP contribution < -0.4 is 5.32 Å². The summed E-state index contributed by atoms with van der Waals surface area (Å²) in [4.78, 5) is 11.5. The third-order valence-electron chi connectivity index (χ3n) is 3.08. The minimum atomic E-state index is -3.71. The molecule has 0 atom stereocenters. The first-order valence-corrected chi connectivity index (χ1v) is 8.98. The average Bonchev–Trinajstić information content (AvgIpc) is 2.60. The van der Waals surface area contributed by atoms with E-state index in [-0.39, 0.29) is 25.5 Å². The minimum absolute atomic E-state index is 0.0262. The molecule has 24 heavy (non-hydrogen) atoms. The molecule has 128 valence electrons. The van der Waals surface area contributed by atoms with Crippen molar-refractivity contribution in [2.45, 2.75) is 13.2 Å². The molecule has 0 fully saturated rings. The van der Waals surface area contributed by atoms with Crippen LogP contribution in [0.1, 0.15) is 11.1 Å². The molecule has 0 aliphatic carbocycles. The largest absolute Gasteiger partial charge is 0.445 e. The molecule has 0 aliphatic rings. The number of benzene rings is 2. The highest BCUT2D eigenvalue weighted by Gasteiger charge is 2.12.